The van der Waals surface area contributed by atoms with E-state index in [1.54, 1.807) is 24.3 Å². The van der Waals surface area contributed by atoms with Gasteiger partial charge in [-0.15, -0.1) is 0 Å². The quantitative estimate of drug-likeness (QED) is 0.805. The molecule has 3 rings (SSSR count). The summed E-state index contributed by atoms with van der Waals surface area (Å²) in [6.07, 6.45) is 3.28. The van der Waals surface area contributed by atoms with Gasteiger partial charge in [0.15, 0.2) is 5.84 Å². The van der Waals surface area contributed by atoms with E-state index in [0.29, 0.717) is 20.8 Å². The van der Waals surface area contributed by atoms with E-state index in [9.17, 15) is 4.79 Å². The summed E-state index contributed by atoms with van der Waals surface area (Å²) in [6, 6.07) is 4.96. The number of nitrogens with one attached hydrogen (secondary N) is 1. The highest BCUT2D eigenvalue weighted by molar-refractivity contribution is 8.26. The van der Waals surface area contributed by atoms with Crippen LogP contribution in [0.1, 0.15) is 25.3 Å². The van der Waals surface area contributed by atoms with E-state index in [-0.39, 0.29) is 11.4 Å². The molecule has 1 aromatic rings. The third-order valence-corrected chi connectivity index (χ3v) is 4.75. The van der Waals surface area contributed by atoms with Gasteiger partial charge in [-0.25, -0.2) is 0 Å². The van der Waals surface area contributed by atoms with E-state index in [4.69, 9.17) is 28.6 Å². The number of hydrogen-bond acceptors (Lipinski definition) is 4. The van der Waals surface area contributed by atoms with Gasteiger partial charge in [0, 0.05) is 10.0 Å². The summed E-state index contributed by atoms with van der Waals surface area (Å²) in [4.78, 5) is 16.3. The number of aliphatic imine (C=N–C) groups is 1. The van der Waals surface area contributed by atoms with Crippen molar-refractivity contribution in [2.75, 3.05) is 0 Å². The summed E-state index contributed by atoms with van der Waals surface area (Å²) in [7, 11) is 0. The molecule has 0 saturated heterocycles. The van der Waals surface area contributed by atoms with Crippen LogP contribution in [-0.4, -0.2) is 27.0 Å². The minimum atomic E-state index is -0.465. The van der Waals surface area contributed by atoms with Crippen LogP contribution in [0.25, 0.3) is 6.08 Å². The van der Waals surface area contributed by atoms with Gasteiger partial charge in [0.05, 0.1) is 5.57 Å². The number of fused-ring (bicyclic) bond motifs is 1. The maximum absolute atomic E-state index is 12.2. The molecule has 0 aliphatic carbocycles. The molecule has 0 aromatic heterocycles. The first-order valence-electron chi connectivity index (χ1n) is 6.93. The highest BCUT2D eigenvalue weighted by Crippen LogP contribution is 2.31. The van der Waals surface area contributed by atoms with Gasteiger partial charge in [0.2, 0.25) is 5.17 Å². The zero-order chi connectivity index (χ0) is 16.6. The minimum Gasteiger partial charge on any atom is -0.282 e. The molecule has 2 heterocycles. The summed E-state index contributed by atoms with van der Waals surface area (Å²) < 4.78 is 0. The summed E-state index contributed by atoms with van der Waals surface area (Å²) in [5.74, 6) is -0.461. The van der Waals surface area contributed by atoms with Crippen LogP contribution in [0.2, 0.25) is 10.0 Å². The number of hydrazone groups is 1. The Hall–Kier alpha value is -1.63. The highest BCUT2D eigenvalue weighted by atomic mass is 35.5. The van der Waals surface area contributed by atoms with Crippen molar-refractivity contribution in [3.05, 3.63) is 39.4 Å². The second kappa shape index (κ2) is 6.47. The van der Waals surface area contributed by atoms with Gasteiger partial charge in [-0.2, -0.15) is 15.1 Å². The van der Waals surface area contributed by atoms with Crippen molar-refractivity contribution < 1.29 is 4.79 Å². The number of benzene rings is 1. The van der Waals surface area contributed by atoms with Crippen molar-refractivity contribution >= 4 is 63.0 Å². The van der Waals surface area contributed by atoms with Crippen molar-refractivity contribution in [3.8, 4) is 0 Å². The van der Waals surface area contributed by atoms with E-state index in [1.807, 2.05) is 6.92 Å². The molecule has 5 nitrogen and oxygen atoms in total. The van der Waals surface area contributed by atoms with E-state index < -0.39 is 5.91 Å². The van der Waals surface area contributed by atoms with Crippen LogP contribution in [0.15, 0.2) is 33.9 Å². The third-order valence-electron chi connectivity index (χ3n) is 3.22. The fourth-order valence-electron chi connectivity index (χ4n) is 2.12. The lowest BCUT2D eigenvalue weighted by atomic mass is 10.1. The number of hydrogen-bond donors (Lipinski definition) is 1. The molecule has 0 bridgehead atoms. The topological polar surface area (TPSA) is 68.9 Å². The molecule has 0 fully saturated rings. The van der Waals surface area contributed by atoms with Gasteiger partial charge in [-0.3, -0.25) is 10.2 Å². The average Bonchev–Trinajstić information content (AvgIpc) is 2.88. The minimum absolute atomic E-state index is 0.00428. The second-order valence-corrected chi connectivity index (χ2v) is 6.81. The smallest absolute Gasteiger partial charge is 0.282 e. The molecule has 2 aliphatic rings. The number of amides is 1. The fraction of sp³-hybridized carbons (Fsp3) is 0.200. The molecule has 1 amide bonds. The van der Waals surface area contributed by atoms with Crippen LogP contribution in [-0.2, 0) is 4.79 Å². The van der Waals surface area contributed by atoms with Crippen molar-refractivity contribution in [2.24, 2.45) is 10.1 Å². The fourth-order valence-corrected chi connectivity index (χ4v) is 3.57. The van der Waals surface area contributed by atoms with Crippen LogP contribution < -0.4 is 0 Å². The Balaban J connectivity index is 1.97. The molecule has 1 N–H and O–H groups in total. The van der Waals surface area contributed by atoms with Gasteiger partial charge in [-0.05, 0) is 48.4 Å². The summed E-state index contributed by atoms with van der Waals surface area (Å²) >= 11 is 13.3. The average molecular weight is 367 g/mol. The number of rotatable bonds is 3. The number of carbonyl (C=O) groups is 1. The number of thioether (sulfide) groups is 1. The molecule has 0 unspecified atom stereocenters. The van der Waals surface area contributed by atoms with Crippen LogP contribution in [0.3, 0.4) is 0 Å². The SMILES string of the molecule is CCCC1=NN2C(=N)/C(=C\c3ccc(Cl)cc3Cl)C(=O)N=C2S1. The van der Waals surface area contributed by atoms with Crippen LogP contribution in [0.4, 0.5) is 0 Å². The molecule has 1 aromatic carbocycles. The largest absolute Gasteiger partial charge is 0.283 e. The Morgan fingerprint density at radius 3 is 2.87 bits per heavy atom. The molecule has 23 heavy (non-hydrogen) atoms. The van der Waals surface area contributed by atoms with Crippen molar-refractivity contribution in [2.45, 2.75) is 19.8 Å². The number of halogens is 2. The van der Waals surface area contributed by atoms with Gasteiger partial charge in [0.1, 0.15) is 5.04 Å². The second-order valence-electron chi connectivity index (χ2n) is 4.93. The number of amidine groups is 2. The molecule has 118 valence electrons. The van der Waals surface area contributed by atoms with E-state index in [0.717, 1.165) is 17.9 Å². The molecule has 0 radical (unpaired) electrons. The van der Waals surface area contributed by atoms with E-state index >= 15 is 0 Å². The van der Waals surface area contributed by atoms with E-state index in [2.05, 4.69) is 10.1 Å². The van der Waals surface area contributed by atoms with Crippen LogP contribution >= 0.6 is 35.0 Å². The van der Waals surface area contributed by atoms with Crippen molar-refractivity contribution in [3.63, 3.8) is 0 Å². The molecule has 2 aliphatic heterocycles. The van der Waals surface area contributed by atoms with Gasteiger partial charge in [-0.1, -0.05) is 36.2 Å². The zero-order valence-corrected chi connectivity index (χ0v) is 14.5. The molecule has 0 saturated carbocycles. The predicted octanol–water partition coefficient (Wildman–Crippen LogP) is 4.41. The van der Waals surface area contributed by atoms with Gasteiger partial charge >= 0.3 is 0 Å². The summed E-state index contributed by atoms with van der Waals surface area (Å²) in [6.45, 7) is 2.05. The van der Waals surface area contributed by atoms with E-state index in [1.165, 1.54) is 16.8 Å². The first kappa shape index (κ1) is 16.2. The van der Waals surface area contributed by atoms with Gasteiger partial charge < -0.3 is 0 Å². The normalized spacial score (nSPS) is 19.1. The molecule has 0 atom stereocenters. The lowest BCUT2D eigenvalue weighted by molar-refractivity contribution is -0.114. The van der Waals surface area contributed by atoms with Crippen molar-refractivity contribution in [1.29, 1.82) is 5.41 Å². The summed E-state index contributed by atoms with van der Waals surface area (Å²) in [5, 5.41) is 16.2. The van der Waals surface area contributed by atoms with Crippen LogP contribution in [0.5, 0.6) is 0 Å². The Morgan fingerprint density at radius 1 is 1.39 bits per heavy atom. The summed E-state index contributed by atoms with van der Waals surface area (Å²) in [5.41, 5.74) is 0.757. The lowest BCUT2D eigenvalue weighted by Crippen LogP contribution is -2.35. The van der Waals surface area contributed by atoms with Gasteiger partial charge in [0.25, 0.3) is 5.91 Å². The Labute approximate surface area is 147 Å². The molecular formula is C15H12Cl2N4OS. The molecule has 0 spiro atoms. The number of carbonyl (C=O) groups excluding carboxylic acids is 1. The van der Waals surface area contributed by atoms with Crippen molar-refractivity contribution in [1.82, 2.24) is 5.01 Å². The Morgan fingerprint density at radius 2 is 2.17 bits per heavy atom. The predicted molar refractivity (Wildman–Crippen MR) is 96.4 cm³/mol. The maximum Gasteiger partial charge on any atom is 0.283 e. The first-order valence-corrected chi connectivity index (χ1v) is 8.51. The number of nitrogens with zero attached hydrogens (tertiary/aromatic N) is 3. The Kier molecular flexibility index (Phi) is 4.57. The lowest BCUT2D eigenvalue weighted by Gasteiger charge is -2.20. The monoisotopic (exact) mass is 366 g/mol. The first-order chi connectivity index (χ1) is 11.0. The molecule has 8 heteroatoms. The Bertz CT molecular complexity index is 801. The third kappa shape index (κ3) is 3.20. The highest BCUT2D eigenvalue weighted by Gasteiger charge is 2.35. The van der Waals surface area contributed by atoms with Crippen LogP contribution in [0, 0.1) is 5.41 Å². The standard InChI is InChI=1S/C15H12Cl2N4OS/c1-2-3-12-20-21-13(18)10(14(22)19-15(21)23-12)6-8-4-5-9(16)7-11(8)17/h4-7,18H,2-3H2,1H3/b10-6+,18-13?. The maximum atomic E-state index is 12.2. The molecular weight excluding hydrogens is 355 g/mol. The zero-order valence-electron chi connectivity index (χ0n) is 12.1.